The lowest BCUT2D eigenvalue weighted by molar-refractivity contribution is -0.116. The van der Waals surface area contributed by atoms with Gasteiger partial charge in [0.2, 0.25) is 5.91 Å². The number of amides is 1. The van der Waals surface area contributed by atoms with Crippen molar-refractivity contribution in [3.8, 4) is 11.9 Å². The maximum absolute atomic E-state index is 12.6. The van der Waals surface area contributed by atoms with Crippen LogP contribution in [0.5, 0.6) is 0 Å². The van der Waals surface area contributed by atoms with E-state index >= 15 is 0 Å². The van der Waals surface area contributed by atoms with Crippen molar-refractivity contribution in [3.63, 3.8) is 0 Å². The Morgan fingerprint density at radius 1 is 1.03 bits per heavy atom. The summed E-state index contributed by atoms with van der Waals surface area (Å²) in [5.41, 5.74) is 3.77. The van der Waals surface area contributed by atoms with Gasteiger partial charge in [-0.1, -0.05) is 48.5 Å². The number of aromatic nitrogens is 3. The molecule has 2 aromatic heterocycles. The maximum Gasteiger partial charge on any atom is 0.225 e. The SMILES string of the molecule is Cc1cc(-n2ncc(C#N)c2NC(=O)CCCC(=O)c2ccccc2)nc2c(C)cccc12. The molecule has 1 amide bonds. The van der Waals surface area contributed by atoms with E-state index < -0.39 is 0 Å². The van der Waals surface area contributed by atoms with Gasteiger partial charge in [-0.15, -0.1) is 0 Å². The highest BCUT2D eigenvalue weighted by molar-refractivity contribution is 5.97. The Morgan fingerprint density at radius 2 is 1.82 bits per heavy atom. The average Bonchev–Trinajstić information content (AvgIpc) is 3.22. The van der Waals surface area contributed by atoms with Gasteiger partial charge in [-0.05, 0) is 37.5 Å². The first-order chi connectivity index (χ1) is 16.0. The fourth-order valence-corrected chi connectivity index (χ4v) is 3.75. The quantitative estimate of drug-likeness (QED) is 0.414. The summed E-state index contributed by atoms with van der Waals surface area (Å²) in [4.78, 5) is 29.6. The zero-order valence-corrected chi connectivity index (χ0v) is 18.5. The lowest BCUT2D eigenvalue weighted by atomic mass is 10.1. The Balaban J connectivity index is 1.52. The van der Waals surface area contributed by atoms with Crippen molar-refractivity contribution in [2.24, 2.45) is 0 Å². The second-order valence-electron chi connectivity index (χ2n) is 7.89. The van der Waals surface area contributed by atoms with Gasteiger partial charge in [0.05, 0.1) is 11.7 Å². The van der Waals surface area contributed by atoms with Crippen LogP contribution in [0.25, 0.3) is 16.7 Å². The molecule has 0 aliphatic heterocycles. The van der Waals surface area contributed by atoms with Crippen LogP contribution < -0.4 is 5.32 Å². The normalized spacial score (nSPS) is 10.7. The number of Topliss-reactive ketones (excluding diaryl/α,β-unsaturated/α-hetero) is 1. The number of ketones is 1. The molecular formula is C26H23N5O2. The number of hydrogen-bond donors (Lipinski definition) is 1. The standard InChI is InChI=1S/C26H23N5O2/c1-17-8-6-11-21-18(2)14-23(29-25(17)21)31-26(20(15-27)16-28-31)30-24(33)13-7-12-22(32)19-9-4-3-5-10-19/h3-6,8-11,14,16H,7,12-13H2,1-2H3,(H,30,33). The minimum atomic E-state index is -0.289. The Kier molecular flexibility index (Phi) is 6.27. The van der Waals surface area contributed by atoms with Gasteiger partial charge in [0, 0.05) is 23.8 Å². The topological polar surface area (TPSA) is 101 Å². The first-order valence-corrected chi connectivity index (χ1v) is 10.7. The zero-order chi connectivity index (χ0) is 23.4. The van der Waals surface area contributed by atoms with Crippen LogP contribution in [-0.4, -0.2) is 26.5 Å². The molecule has 164 valence electrons. The number of nitrogens with zero attached hydrogens (tertiary/aromatic N) is 4. The smallest absolute Gasteiger partial charge is 0.225 e. The lowest BCUT2D eigenvalue weighted by Crippen LogP contribution is -2.16. The second-order valence-corrected chi connectivity index (χ2v) is 7.89. The molecule has 0 aliphatic carbocycles. The van der Waals surface area contributed by atoms with Crippen LogP contribution in [0.15, 0.2) is 60.8 Å². The lowest BCUT2D eigenvalue weighted by Gasteiger charge is -2.12. The van der Waals surface area contributed by atoms with Gasteiger partial charge in [0.15, 0.2) is 17.4 Å². The summed E-state index contributed by atoms with van der Waals surface area (Å²) in [7, 11) is 0. The molecule has 0 radical (unpaired) electrons. The largest absolute Gasteiger partial charge is 0.309 e. The number of pyridine rings is 1. The molecule has 7 nitrogen and oxygen atoms in total. The Hall–Kier alpha value is -4.31. The summed E-state index contributed by atoms with van der Waals surface area (Å²) in [6.45, 7) is 3.98. The van der Waals surface area contributed by atoms with E-state index in [4.69, 9.17) is 4.98 Å². The maximum atomic E-state index is 12.6. The minimum absolute atomic E-state index is 0.00244. The van der Waals surface area contributed by atoms with E-state index in [1.165, 1.54) is 10.9 Å². The molecule has 0 saturated heterocycles. The number of nitrogens with one attached hydrogen (secondary N) is 1. The number of carbonyl (C=O) groups is 2. The number of hydrogen-bond acceptors (Lipinski definition) is 5. The van der Waals surface area contributed by atoms with E-state index in [0.29, 0.717) is 17.8 Å². The molecule has 33 heavy (non-hydrogen) atoms. The summed E-state index contributed by atoms with van der Waals surface area (Å²) >= 11 is 0. The van der Waals surface area contributed by atoms with Crippen molar-refractivity contribution in [2.45, 2.75) is 33.1 Å². The van der Waals surface area contributed by atoms with Crippen molar-refractivity contribution in [1.29, 1.82) is 5.26 Å². The number of fused-ring (bicyclic) bond motifs is 1. The van der Waals surface area contributed by atoms with Gasteiger partial charge in [0.25, 0.3) is 0 Å². The molecule has 0 atom stereocenters. The number of benzene rings is 2. The molecule has 0 bridgehead atoms. The number of carbonyl (C=O) groups excluding carboxylic acids is 2. The predicted octanol–water partition coefficient (Wildman–Crippen LogP) is 4.90. The van der Waals surface area contributed by atoms with Crippen molar-refractivity contribution in [3.05, 3.63) is 83.0 Å². The van der Waals surface area contributed by atoms with Crippen molar-refractivity contribution in [2.75, 3.05) is 5.32 Å². The second kappa shape index (κ2) is 9.45. The first kappa shape index (κ1) is 21.9. The highest BCUT2D eigenvalue weighted by Crippen LogP contribution is 2.25. The third kappa shape index (κ3) is 4.65. The number of anilines is 1. The molecule has 4 rings (SSSR count). The van der Waals surface area contributed by atoms with Crippen LogP contribution in [0.3, 0.4) is 0 Å². The summed E-state index contributed by atoms with van der Waals surface area (Å²) in [6.07, 6.45) is 2.24. The third-order valence-electron chi connectivity index (χ3n) is 5.50. The van der Waals surface area contributed by atoms with Gasteiger partial charge in [-0.25, -0.2) is 4.98 Å². The highest BCUT2D eigenvalue weighted by atomic mass is 16.1. The fourth-order valence-electron chi connectivity index (χ4n) is 3.75. The molecule has 2 heterocycles. The molecule has 2 aromatic carbocycles. The van der Waals surface area contributed by atoms with Crippen LogP contribution in [0.2, 0.25) is 0 Å². The van der Waals surface area contributed by atoms with Gasteiger partial charge < -0.3 is 5.32 Å². The van der Waals surface area contributed by atoms with Crippen molar-refractivity contribution in [1.82, 2.24) is 14.8 Å². The average molecular weight is 438 g/mol. The molecule has 0 saturated carbocycles. The van der Waals surface area contributed by atoms with E-state index in [9.17, 15) is 14.9 Å². The third-order valence-corrected chi connectivity index (χ3v) is 5.50. The zero-order valence-electron chi connectivity index (χ0n) is 18.5. The van der Waals surface area contributed by atoms with Crippen LogP contribution in [0.1, 0.15) is 46.3 Å². The van der Waals surface area contributed by atoms with Crippen molar-refractivity contribution < 1.29 is 9.59 Å². The monoisotopic (exact) mass is 437 g/mol. The molecular weight excluding hydrogens is 414 g/mol. The summed E-state index contributed by atoms with van der Waals surface area (Å²) < 4.78 is 1.48. The van der Waals surface area contributed by atoms with Crippen LogP contribution in [0.4, 0.5) is 5.82 Å². The summed E-state index contributed by atoms with van der Waals surface area (Å²) in [5.74, 6) is 0.502. The summed E-state index contributed by atoms with van der Waals surface area (Å²) in [5, 5.41) is 17.6. The Labute approximate surface area is 191 Å². The fraction of sp³-hybridized carbons (Fsp3) is 0.192. The van der Waals surface area contributed by atoms with E-state index in [0.717, 1.165) is 22.0 Å². The first-order valence-electron chi connectivity index (χ1n) is 10.7. The van der Waals surface area contributed by atoms with Gasteiger partial charge >= 0.3 is 0 Å². The highest BCUT2D eigenvalue weighted by Gasteiger charge is 2.17. The number of para-hydroxylation sites is 1. The molecule has 7 heteroatoms. The van der Waals surface area contributed by atoms with Crippen LogP contribution in [-0.2, 0) is 4.79 Å². The Bertz CT molecular complexity index is 1380. The van der Waals surface area contributed by atoms with E-state index in [-0.39, 0.29) is 35.9 Å². The molecule has 1 N–H and O–H groups in total. The number of rotatable bonds is 7. The van der Waals surface area contributed by atoms with Gasteiger partial charge in [-0.2, -0.15) is 15.0 Å². The van der Waals surface area contributed by atoms with E-state index in [1.54, 1.807) is 12.1 Å². The molecule has 4 aromatic rings. The number of aryl methyl sites for hydroxylation is 2. The van der Waals surface area contributed by atoms with Crippen LogP contribution in [0, 0.1) is 25.2 Å². The Morgan fingerprint density at radius 3 is 2.58 bits per heavy atom. The minimum Gasteiger partial charge on any atom is -0.309 e. The van der Waals surface area contributed by atoms with E-state index in [1.807, 2.05) is 56.3 Å². The summed E-state index contributed by atoms with van der Waals surface area (Å²) in [6, 6.07) is 18.9. The predicted molar refractivity (Wildman–Crippen MR) is 126 cm³/mol. The van der Waals surface area contributed by atoms with Crippen LogP contribution >= 0.6 is 0 Å². The van der Waals surface area contributed by atoms with Crippen molar-refractivity contribution >= 4 is 28.4 Å². The molecule has 0 unspecified atom stereocenters. The van der Waals surface area contributed by atoms with Gasteiger partial charge in [0.1, 0.15) is 11.6 Å². The number of nitriles is 1. The molecule has 0 aliphatic rings. The van der Waals surface area contributed by atoms with Gasteiger partial charge in [-0.3, -0.25) is 9.59 Å². The van der Waals surface area contributed by atoms with E-state index in [2.05, 4.69) is 16.5 Å². The molecule has 0 spiro atoms. The molecule has 0 fully saturated rings.